The molecule has 6 heteroatoms. The number of nitrogens with two attached hydrogens (primary N) is 1. The van der Waals surface area contributed by atoms with Gasteiger partial charge >= 0.3 is 0 Å². The predicted molar refractivity (Wildman–Crippen MR) is 104 cm³/mol. The summed E-state index contributed by atoms with van der Waals surface area (Å²) >= 11 is 0. The van der Waals surface area contributed by atoms with Crippen LogP contribution in [0.4, 0.5) is 0 Å². The van der Waals surface area contributed by atoms with E-state index in [-0.39, 0.29) is 11.4 Å². The summed E-state index contributed by atoms with van der Waals surface area (Å²) < 4.78 is 7.81. The average molecular weight is 364 g/mol. The second-order valence-electron chi connectivity index (χ2n) is 7.16. The van der Waals surface area contributed by atoms with Crippen LogP contribution in [-0.4, -0.2) is 27.4 Å². The van der Waals surface area contributed by atoms with Crippen LogP contribution in [-0.2, 0) is 6.61 Å². The van der Waals surface area contributed by atoms with Crippen LogP contribution in [0.2, 0.25) is 0 Å². The third kappa shape index (κ3) is 3.80. The number of aromatic nitrogens is 2. The number of rotatable bonds is 6. The molecular formula is C21H24N4O2. The molecule has 0 unspecified atom stereocenters. The summed E-state index contributed by atoms with van der Waals surface area (Å²) in [6.45, 7) is 0.822. The highest BCUT2D eigenvalue weighted by atomic mass is 16.5. The minimum absolute atomic E-state index is 0.0967. The van der Waals surface area contributed by atoms with Crippen LogP contribution in [0, 0.1) is 0 Å². The first-order valence-corrected chi connectivity index (χ1v) is 9.36. The van der Waals surface area contributed by atoms with Crippen LogP contribution in [0.25, 0.3) is 5.65 Å². The van der Waals surface area contributed by atoms with E-state index >= 15 is 0 Å². The van der Waals surface area contributed by atoms with Crippen LogP contribution in [0.3, 0.4) is 0 Å². The number of carbonyl (C=O) groups excluding carboxylic acids is 1. The van der Waals surface area contributed by atoms with Crippen molar-refractivity contribution >= 4 is 11.6 Å². The van der Waals surface area contributed by atoms with E-state index in [1.807, 2.05) is 47.1 Å². The Labute approximate surface area is 158 Å². The molecule has 1 aromatic carbocycles. The van der Waals surface area contributed by atoms with E-state index in [2.05, 4.69) is 10.3 Å². The number of fused-ring (bicyclic) bond motifs is 1. The van der Waals surface area contributed by atoms with Crippen molar-refractivity contribution in [1.29, 1.82) is 0 Å². The Morgan fingerprint density at radius 1 is 1.22 bits per heavy atom. The van der Waals surface area contributed by atoms with Crippen molar-refractivity contribution in [3.8, 4) is 5.75 Å². The fourth-order valence-electron chi connectivity index (χ4n) is 3.69. The topological polar surface area (TPSA) is 81.6 Å². The van der Waals surface area contributed by atoms with Crippen molar-refractivity contribution in [3.63, 3.8) is 0 Å². The fraction of sp³-hybridized carbons (Fsp3) is 0.333. The Morgan fingerprint density at radius 3 is 2.85 bits per heavy atom. The molecule has 0 aliphatic heterocycles. The van der Waals surface area contributed by atoms with Crippen molar-refractivity contribution in [2.45, 2.75) is 37.8 Å². The monoisotopic (exact) mass is 364 g/mol. The molecular weight excluding hydrogens is 340 g/mol. The van der Waals surface area contributed by atoms with E-state index in [0.717, 1.165) is 37.0 Å². The lowest BCUT2D eigenvalue weighted by Crippen LogP contribution is -2.51. The van der Waals surface area contributed by atoms with Crippen molar-refractivity contribution in [2.75, 3.05) is 6.54 Å². The van der Waals surface area contributed by atoms with Gasteiger partial charge in [0.2, 0.25) is 0 Å². The van der Waals surface area contributed by atoms with Gasteiger partial charge in [0.1, 0.15) is 18.0 Å². The molecule has 0 spiro atoms. The van der Waals surface area contributed by atoms with Gasteiger partial charge in [-0.3, -0.25) is 4.79 Å². The van der Waals surface area contributed by atoms with Gasteiger partial charge in [0.25, 0.3) is 5.91 Å². The zero-order valence-corrected chi connectivity index (χ0v) is 15.2. The van der Waals surface area contributed by atoms with Gasteiger partial charge in [-0.1, -0.05) is 25.0 Å². The van der Waals surface area contributed by atoms with Gasteiger partial charge in [-0.05, 0) is 43.2 Å². The Morgan fingerprint density at radius 2 is 2.07 bits per heavy atom. The molecule has 2 aromatic heterocycles. The molecule has 3 N–H and O–H groups in total. The van der Waals surface area contributed by atoms with Crippen molar-refractivity contribution in [1.82, 2.24) is 14.7 Å². The summed E-state index contributed by atoms with van der Waals surface area (Å²) in [5, 5.41) is 3.14. The predicted octanol–water partition coefficient (Wildman–Crippen LogP) is 2.91. The van der Waals surface area contributed by atoms with Crippen LogP contribution in [0.1, 0.15) is 41.7 Å². The molecule has 6 nitrogen and oxygen atoms in total. The average Bonchev–Trinajstić information content (AvgIpc) is 3.33. The number of nitrogens with zero attached hydrogens (tertiary/aromatic N) is 2. The number of carbonyl (C=O) groups is 1. The van der Waals surface area contributed by atoms with Crippen molar-refractivity contribution in [2.24, 2.45) is 5.73 Å². The van der Waals surface area contributed by atoms with E-state index in [1.165, 1.54) is 0 Å². The maximum atomic E-state index is 12.7. The minimum atomic E-state index is -0.259. The lowest BCUT2D eigenvalue weighted by atomic mass is 9.97. The van der Waals surface area contributed by atoms with Gasteiger partial charge in [0.05, 0.1) is 11.2 Å². The summed E-state index contributed by atoms with van der Waals surface area (Å²) in [5.41, 5.74) is 7.97. The second-order valence-corrected chi connectivity index (χ2v) is 7.16. The minimum Gasteiger partial charge on any atom is -0.487 e. The largest absolute Gasteiger partial charge is 0.487 e. The third-order valence-electron chi connectivity index (χ3n) is 5.23. The van der Waals surface area contributed by atoms with E-state index in [1.54, 1.807) is 12.1 Å². The van der Waals surface area contributed by atoms with Gasteiger partial charge in [0, 0.05) is 24.5 Å². The first kappa shape index (κ1) is 17.5. The summed E-state index contributed by atoms with van der Waals surface area (Å²) in [4.78, 5) is 17.2. The highest BCUT2D eigenvalue weighted by Gasteiger charge is 2.34. The molecule has 1 fully saturated rings. The highest BCUT2D eigenvalue weighted by molar-refractivity contribution is 5.95. The Bertz CT molecular complexity index is 911. The molecule has 3 aromatic rings. The summed E-state index contributed by atoms with van der Waals surface area (Å²) in [6, 6.07) is 13.1. The molecule has 2 heterocycles. The lowest BCUT2D eigenvalue weighted by Gasteiger charge is -2.28. The van der Waals surface area contributed by atoms with Crippen LogP contribution in [0.5, 0.6) is 5.75 Å². The molecule has 1 aliphatic rings. The molecule has 0 saturated heterocycles. The zero-order chi connectivity index (χ0) is 18.7. The number of ether oxygens (including phenoxy) is 1. The van der Waals surface area contributed by atoms with Crippen LogP contribution < -0.4 is 15.8 Å². The van der Waals surface area contributed by atoms with Gasteiger partial charge in [-0.15, -0.1) is 0 Å². The maximum Gasteiger partial charge on any atom is 0.251 e. The van der Waals surface area contributed by atoms with Crippen LogP contribution in [0.15, 0.2) is 54.9 Å². The summed E-state index contributed by atoms with van der Waals surface area (Å²) in [7, 11) is 0. The summed E-state index contributed by atoms with van der Waals surface area (Å²) in [5.74, 6) is 0.549. The molecule has 1 amide bonds. The van der Waals surface area contributed by atoms with Crippen molar-refractivity contribution in [3.05, 3.63) is 66.1 Å². The quantitative estimate of drug-likeness (QED) is 0.705. The smallest absolute Gasteiger partial charge is 0.251 e. The van der Waals surface area contributed by atoms with Gasteiger partial charge in [-0.25, -0.2) is 4.98 Å². The molecule has 0 atom stereocenters. The number of pyridine rings is 1. The number of amides is 1. The normalized spacial score (nSPS) is 15.7. The first-order chi connectivity index (χ1) is 13.2. The molecule has 1 aliphatic carbocycles. The fourth-order valence-corrected chi connectivity index (χ4v) is 3.69. The Balaban J connectivity index is 1.43. The molecule has 0 radical (unpaired) electrons. The van der Waals surface area contributed by atoms with Gasteiger partial charge < -0.3 is 20.2 Å². The van der Waals surface area contributed by atoms with Crippen molar-refractivity contribution < 1.29 is 9.53 Å². The van der Waals surface area contributed by atoms with E-state index in [9.17, 15) is 4.79 Å². The summed E-state index contributed by atoms with van der Waals surface area (Å²) in [6.07, 6.45) is 8.00. The Kier molecular flexibility index (Phi) is 4.81. The SMILES string of the molecule is NCC1(NC(=O)c2cccc(OCc3cn4ccccc4n3)c2)CCCC1. The van der Waals surface area contributed by atoms with Crippen LogP contribution >= 0.6 is 0 Å². The molecule has 4 rings (SSSR count). The highest BCUT2D eigenvalue weighted by Crippen LogP contribution is 2.29. The zero-order valence-electron chi connectivity index (χ0n) is 15.2. The number of imidazole rings is 1. The van der Waals surface area contributed by atoms with E-state index in [4.69, 9.17) is 10.5 Å². The number of hydrogen-bond donors (Lipinski definition) is 2. The van der Waals surface area contributed by atoms with E-state index in [0.29, 0.717) is 24.5 Å². The lowest BCUT2D eigenvalue weighted by molar-refractivity contribution is 0.0902. The molecule has 27 heavy (non-hydrogen) atoms. The molecule has 0 bridgehead atoms. The third-order valence-corrected chi connectivity index (χ3v) is 5.23. The molecule has 1 saturated carbocycles. The first-order valence-electron chi connectivity index (χ1n) is 9.36. The van der Waals surface area contributed by atoms with Gasteiger partial charge in [-0.2, -0.15) is 0 Å². The van der Waals surface area contributed by atoms with E-state index < -0.39 is 0 Å². The maximum absolute atomic E-state index is 12.7. The number of benzene rings is 1. The number of nitrogens with one attached hydrogen (secondary N) is 1. The number of hydrogen-bond acceptors (Lipinski definition) is 4. The van der Waals surface area contributed by atoms with Gasteiger partial charge in [0.15, 0.2) is 0 Å². The second kappa shape index (κ2) is 7.40. The standard InChI is InChI=1S/C21H24N4O2/c22-15-21(9-2-3-10-21)24-20(26)16-6-5-7-18(12-16)27-14-17-13-25-11-4-1-8-19(25)23-17/h1,4-8,11-13H,2-3,9-10,14-15,22H2,(H,24,26). The molecule has 140 valence electrons. The Hall–Kier alpha value is -2.86.